The molecule has 2 amide bonds. The van der Waals surface area contributed by atoms with Crippen molar-refractivity contribution in [2.75, 3.05) is 7.11 Å². The van der Waals surface area contributed by atoms with Crippen LogP contribution in [0.15, 0.2) is 36.5 Å². The summed E-state index contributed by atoms with van der Waals surface area (Å²) in [5.74, 6) is 0.0560. The molecule has 134 valence electrons. The van der Waals surface area contributed by atoms with Crippen molar-refractivity contribution in [1.82, 2.24) is 10.6 Å². The lowest BCUT2D eigenvalue weighted by Crippen LogP contribution is -2.51. The lowest BCUT2D eigenvalue weighted by atomic mass is 9.89. The summed E-state index contributed by atoms with van der Waals surface area (Å²) in [5.41, 5.74) is 1.17. The van der Waals surface area contributed by atoms with Crippen LogP contribution in [0.3, 0.4) is 0 Å². The van der Waals surface area contributed by atoms with E-state index in [-0.39, 0.29) is 18.1 Å². The molecule has 2 aliphatic rings. The third kappa shape index (κ3) is 3.62. The van der Waals surface area contributed by atoms with Crippen molar-refractivity contribution in [1.29, 1.82) is 0 Å². The molecule has 25 heavy (non-hydrogen) atoms. The average molecular weight is 344 g/mol. The van der Waals surface area contributed by atoms with E-state index in [0.29, 0.717) is 17.4 Å². The molecule has 1 saturated heterocycles. The molecule has 1 aromatic rings. The van der Waals surface area contributed by atoms with Gasteiger partial charge in [0.2, 0.25) is 0 Å². The van der Waals surface area contributed by atoms with Gasteiger partial charge >= 0.3 is 12.0 Å². The van der Waals surface area contributed by atoms with Crippen molar-refractivity contribution in [2.24, 2.45) is 11.8 Å². The number of carbonyl (C=O) groups excluding carboxylic acids is 2. The Kier molecular flexibility index (Phi) is 4.97. The van der Waals surface area contributed by atoms with Crippen LogP contribution in [0.4, 0.5) is 4.79 Å². The minimum atomic E-state index is -0.668. The summed E-state index contributed by atoms with van der Waals surface area (Å²) in [4.78, 5) is 24.7. The smallest absolute Gasteiger partial charge is 0.319 e. The molecule has 1 aliphatic heterocycles. The Labute approximate surface area is 147 Å². The second-order valence-electron chi connectivity index (χ2n) is 6.74. The van der Waals surface area contributed by atoms with E-state index in [1.807, 2.05) is 12.1 Å². The molecule has 0 aromatic heterocycles. The van der Waals surface area contributed by atoms with Gasteiger partial charge in [-0.3, -0.25) is 4.79 Å². The summed E-state index contributed by atoms with van der Waals surface area (Å²) in [6.07, 6.45) is 2.97. The van der Waals surface area contributed by atoms with Gasteiger partial charge < -0.3 is 20.1 Å². The highest BCUT2D eigenvalue weighted by Gasteiger charge is 2.40. The Morgan fingerprint density at radius 3 is 2.56 bits per heavy atom. The number of carbonyl (C=O) groups is 2. The molecule has 3 rings (SSSR count). The maximum Gasteiger partial charge on any atom is 0.319 e. The quantitative estimate of drug-likeness (QED) is 0.824. The van der Waals surface area contributed by atoms with E-state index in [0.717, 1.165) is 24.8 Å². The minimum absolute atomic E-state index is 0.0607. The van der Waals surface area contributed by atoms with Crippen LogP contribution < -0.4 is 15.4 Å². The number of nitrogens with one attached hydrogen (secondary N) is 2. The average Bonchev–Trinajstić information content (AvgIpc) is 2.99. The Balaban J connectivity index is 1.82. The number of hydrogen-bond acceptors (Lipinski definition) is 4. The summed E-state index contributed by atoms with van der Waals surface area (Å²) in [6, 6.07) is 6.38. The van der Waals surface area contributed by atoms with Crippen LogP contribution in [-0.2, 0) is 9.53 Å². The molecule has 2 N–H and O–H groups in total. The predicted octanol–water partition coefficient (Wildman–Crippen LogP) is 2.91. The van der Waals surface area contributed by atoms with Gasteiger partial charge in [-0.1, -0.05) is 25.6 Å². The van der Waals surface area contributed by atoms with Crippen LogP contribution in [-0.4, -0.2) is 25.2 Å². The highest BCUT2D eigenvalue weighted by atomic mass is 16.5. The second-order valence-corrected chi connectivity index (χ2v) is 6.74. The molecular weight excluding hydrogens is 320 g/mol. The SMILES string of the molecule is C=C1NC(=O)NC(c2ccc(OC)cc2)C1C(=O)OC1CCCC1C. The van der Waals surface area contributed by atoms with Crippen molar-refractivity contribution < 1.29 is 19.1 Å². The third-order valence-electron chi connectivity index (χ3n) is 5.05. The van der Waals surface area contributed by atoms with Gasteiger partial charge in [0.15, 0.2) is 0 Å². The minimum Gasteiger partial charge on any atom is -0.497 e. The summed E-state index contributed by atoms with van der Waals surface area (Å²) in [7, 11) is 1.59. The van der Waals surface area contributed by atoms with E-state index in [4.69, 9.17) is 9.47 Å². The molecule has 4 atom stereocenters. The first kappa shape index (κ1) is 17.3. The van der Waals surface area contributed by atoms with Crippen LogP contribution in [0.5, 0.6) is 5.75 Å². The summed E-state index contributed by atoms with van der Waals surface area (Å²) < 4.78 is 10.9. The van der Waals surface area contributed by atoms with Gasteiger partial charge in [-0.2, -0.15) is 0 Å². The van der Waals surface area contributed by atoms with E-state index >= 15 is 0 Å². The van der Waals surface area contributed by atoms with E-state index in [9.17, 15) is 9.59 Å². The van der Waals surface area contributed by atoms with Crippen LogP contribution in [0.25, 0.3) is 0 Å². The second kappa shape index (κ2) is 7.17. The van der Waals surface area contributed by atoms with E-state index < -0.39 is 12.0 Å². The molecule has 6 nitrogen and oxygen atoms in total. The van der Waals surface area contributed by atoms with Crippen LogP contribution in [0.2, 0.25) is 0 Å². The Bertz CT molecular complexity index is 671. The summed E-state index contributed by atoms with van der Waals surface area (Å²) >= 11 is 0. The van der Waals surface area contributed by atoms with Crippen molar-refractivity contribution >= 4 is 12.0 Å². The largest absolute Gasteiger partial charge is 0.497 e. The van der Waals surface area contributed by atoms with Crippen LogP contribution >= 0.6 is 0 Å². The lowest BCUT2D eigenvalue weighted by molar-refractivity contribution is -0.155. The molecule has 1 aliphatic carbocycles. The van der Waals surface area contributed by atoms with Crippen molar-refractivity contribution in [2.45, 2.75) is 38.3 Å². The molecule has 1 heterocycles. The molecule has 4 unspecified atom stereocenters. The third-order valence-corrected chi connectivity index (χ3v) is 5.05. The fraction of sp³-hybridized carbons (Fsp3) is 0.474. The molecule has 1 saturated carbocycles. The number of ether oxygens (including phenoxy) is 2. The molecule has 6 heteroatoms. The molecule has 2 fully saturated rings. The molecule has 0 spiro atoms. The maximum absolute atomic E-state index is 12.8. The van der Waals surface area contributed by atoms with Crippen LogP contribution in [0, 0.1) is 11.8 Å². The number of rotatable bonds is 4. The summed E-state index contributed by atoms with van der Waals surface area (Å²) in [5, 5.41) is 5.41. The monoisotopic (exact) mass is 344 g/mol. The highest BCUT2D eigenvalue weighted by Crippen LogP contribution is 2.34. The van der Waals surface area contributed by atoms with Gasteiger partial charge in [-0.05, 0) is 42.9 Å². The molecular formula is C19H24N2O4. The first-order valence-electron chi connectivity index (χ1n) is 8.60. The maximum atomic E-state index is 12.8. The van der Waals surface area contributed by atoms with Gasteiger partial charge in [0.25, 0.3) is 0 Å². The van der Waals surface area contributed by atoms with E-state index in [2.05, 4.69) is 24.1 Å². The first-order valence-corrected chi connectivity index (χ1v) is 8.60. The molecule has 0 bridgehead atoms. The zero-order valence-electron chi connectivity index (χ0n) is 14.6. The summed E-state index contributed by atoms with van der Waals surface area (Å²) in [6.45, 7) is 5.97. The Morgan fingerprint density at radius 1 is 1.24 bits per heavy atom. The number of benzene rings is 1. The van der Waals surface area contributed by atoms with Gasteiger partial charge in [-0.15, -0.1) is 0 Å². The van der Waals surface area contributed by atoms with Gasteiger partial charge in [0.1, 0.15) is 17.8 Å². The number of methoxy groups -OCH3 is 1. The van der Waals surface area contributed by atoms with Crippen LogP contribution in [0.1, 0.15) is 37.8 Å². The zero-order chi connectivity index (χ0) is 18.0. The fourth-order valence-corrected chi connectivity index (χ4v) is 3.56. The number of esters is 1. The van der Waals surface area contributed by atoms with Gasteiger partial charge in [-0.25, -0.2) is 4.79 Å². The number of hydrogen-bond donors (Lipinski definition) is 2. The normalized spacial score (nSPS) is 28.9. The first-order chi connectivity index (χ1) is 12.0. The van der Waals surface area contributed by atoms with E-state index in [1.54, 1.807) is 19.2 Å². The highest BCUT2D eigenvalue weighted by molar-refractivity contribution is 5.85. The lowest BCUT2D eigenvalue weighted by Gasteiger charge is -2.34. The Hall–Kier alpha value is -2.50. The van der Waals surface area contributed by atoms with Gasteiger partial charge in [0.05, 0.1) is 13.2 Å². The number of amides is 2. The molecule has 0 radical (unpaired) electrons. The predicted molar refractivity (Wildman–Crippen MR) is 92.9 cm³/mol. The fourth-order valence-electron chi connectivity index (χ4n) is 3.56. The van der Waals surface area contributed by atoms with Crippen molar-refractivity contribution in [3.8, 4) is 5.75 Å². The molecule has 1 aromatic carbocycles. The Morgan fingerprint density at radius 2 is 1.96 bits per heavy atom. The van der Waals surface area contributed by atoms with Crippen molar-refractivity contribution in [3.05, 3.63) is 42.1 Å². The van der Waals surface area contributed by atoms with Crippen molar-refractivity contribution in [3.63, 3.8) is 0 Å². The van der Waals surface area contributed by atoms with E-state index in [1.165, 1.54) is 0 Å². The zero-order valence-corrected chi connectivity index (χ0v) is 14.6. The van der Waals surface area contributed by atoms with Gasteiger partial charge in [0, 0.05) is 5.70 Å². The topological polar surface area (TPSA) is 76.7 Å². The number of urea groups is 1. The standard InChI is InChI=1S/C19H24N2O4/c1-11-5-4-6-15(11)25-18(22)16-12(2)20-19(23)21-17(16)13-7-9-14(24-3)10-8-13/h7-11,15-17H,2,4-6H2,1,3H3,(H2,20,21,23).